The summed E-state index contributed by atoms with van der Waals surface area (Å²) in [5.41, 5.74) is 3.97. The van der Waals surface area contributed by atoms with Gasteiger partial charge in [0.05, 0.1) is 7.11 Å². The Kier molecular flexibility index (Phi) is 4.61. The monoisotopic (exact) mass is 248 g/mol. The highest BCUT2D eigenvalue weighted by Crippen LogP contribution is 2.22. The molecule has 0 bridgehead atoms. The maximum Gasteiger partial charge on any atom is 0.122 e. The molecule has 0 aliphatic carbocycles. The molecule has 0 spiro atoms. The summed E-state index contributed by atoms with van der Waals surface area (Å²) in [5.74, 6) is 1.83. The lowest BCUT2D eigenvalue weighted by Crippen LogP contribution is -2.47. The largest absolute Gasteiger partial charge is 0.496 e. The third-order valence-electron chi connectivity index (χ3n) is 3.72. The molecule has 0 radical (unpaired) electrons. The smallest absolute Gasteiger partial charge is 0.122 e. The molecule has 2 N–H and O–H groups in total. The number of nitrogens with one attached hydrogen (secondary N) is 2. The molecule has 1 aromatic rings. The van der Waals surface area contributed by atoms with Crippen LogP contribution in [0, 0.1) is 19.8 Å². The molecule has 0 amide bonds. The molecule has 2 rings (SSSR count). The summed E-state index contributed by atoms with van der Waals surface area (Å²) >= 11 is 0. The van der Waals surface area contributed by atoms with Crippen molar-refractivity contribution in [3.05, 3.63) is 28.8 Å². The number of hydrogen-bond donors (Lipinski definition) is 2. The molecule has 1 aromatic carbocycles. The average Bonchev–Trinajstić information content (AvgIpc) is 2.30. The van der Waals surface area contributed by atoms with E-state index < -0.39 is 0 Å². The van der Waals surface area contributed by atoms with Gasteiger partial charge < -0.3 is 15.4 Å². The van der Waals surface area contributed by atoms with E-state index in [0.717, 1.165) is 31.2 Å². The first kappa shape index (κ1) is 13.4. The minimum atomic E-state index is 0.837. The molecule has 100 valence electrons. The number of methoxy groups -OCH3 is 1. The van der Waals surface area contributed by atoms with Crippen molar-refractivity contribution in [1.29, 1.82) is 0 Å². The Balaban J connectivity index is 1.82. The molecule has 3 nitrogen and oxygen atoms in total. The minimum Gasteiger partial charge on any atom is -0.496 e. The first-order valence-corrected chi connectivity index (χ1v) is 6.76. The van der Waals surface area contributed by atoms with Crippen LogP contribution < -0.4 is 15.4 Å². The molecule has 1 fully saturated rings. The molecule has 1 aliphatic rings. The number of ether oxygens (including phenoxy) is 1. The van der Waals surface area contributed by atoms with Gasteiger partial charge in [0.25, 0.3) is 0 Å². The molecule has 1 aliphatic heterocycles. The predicted molar refractivity (Wildman–Crippen MR) is 75.4 cm³/mol. The van der Waals surface area contributed by atoms with Gasteiger partial charge in [0, 0.05) is 19.6 Å². The minimum absolute atomic E-state index is 0.837. The van der Waals surface area contributed by atoms with Gasteiger partial charge in [-0.3, -0.25) is 0 Å². The topological polar surface area (TPSA) is 33.3 Å². The maximum absolute atomic E-state index is 5.34. The van der Waals surface area contributed by atoms with Crippen molar-refractivity contribution in [2.45, 2.75) is 20.3 Å². The molecule has 0 aromatic heterocycles. The van der Waals surface area contributed by atoms with E-state index in [-0.39, 0.29) is 0 Å². The fourth-order valence-electron chi connectivity index (χ4n) is 2.36. The fraction of sp³-hybridized carbons (Fsp3) is 0.600. The summed E-state index contributed by atoms with van der Waals surface area (Å²) in [6.07, 6.45) is 1.09. The van der Waals surface area contributed by atoms with Crippen molar-refractivity contribution >= 4 is 0 Å². The molecule has 1 saturated heterocycles. The van der Waals surface area contributed by atoms with Crippen molar-refractivity contribution in [3.8, 4) is 5.75 Å². The van der Waals surface area contributed by atoms with Crippen molar-refractivity contribution in [2.75, 3.05) is 33.3 Å². The van der Waals surface area contributed by atoms with Crippen molar-refractivity contribution in [3.63, 3.8) is 0 Å². The van der Waals surface area contributed by atoms with E-state index in [1.807, 2.05) is 0 Å². The number of rotatable bonds is 6. The van der Waals surface area contributed by atoms with Gasteiger partial charge in [0.2, 0.25) is 0 Å². The van der Waals surface area contributed by atoms with E-state index in [1.165, 1.54) is 29.8 Å². The van der Waals surface area contributed by atoms with Crippen LogP contribution in [0.15, 0.2) is 12.1 Å². The molecule has 0 unspecified atom stereocenters. The third kappa shape index (κ3) is 3.24. The molecule has 0 saturated carbocycles. The highest BCUT2D eigenvalue weighted by molar-refractivity contribution is 5.41. The normalized spacial score (nSPS) is 15.5. The van der Waals surface area contributed by atoms with Gasteiger partial charge in [-0.1, -0.05) is 6.07 Å². The number of hydrogen-bond acceptors (Lipinski definition) is 3. The van der Waals surface area contributed by atoms with Gasteiger partial charge in [-0.25, -0.2) is 0 Å². The van der Waals surface area contributed by atoms with Gasteiger partial charge in [-0.2, -0.15) is 0 Å². The van der Waals surface area contributed by atoms with Crippen molar-refractivity contribution in [1.82, 2.24) is 10.6 Å². The lowest BCUT2D eigenvalue weighted by Gasteiger charge is -2.27. The Labute approximate surface area is 110 Å². The van der Waals surface area contributed by atoms with Crippen LogP contribution in [-0.2, 0) is 6.42 Å². The second-order valence-corrected chi connectivity index (χ2v) is 5.23. The van der Waals surface area contributed by atoms with E-state index in [2.05, 4.69) is 36.6 Å². The molecule has 3 heteroatoms. The van der Waals surface area contributed by atoms with Crippen LogP contribution in [-0.4, -0.2) is 33.3 Å². The summed E-state index contributed by atoms with van der Waals surface area (Å²) in [5, 5.41) is 6.84. The summed E-state index contributed by atoms with van der Waals surface area (Å²) < 4.78 is 5.34. The second kappa shape index (κ2) is 6.21. The Morgan fingerprint density at radius 2 is 2.06 bits per heavy atom. The van der Waals surface area contributed by atoms with E-state index in [9.17, 15) is 0 Å². The van der Waals surface area contributed by atoms with Crippen molar-refractivity contribution < 1.29 is 4.74 Å². The molecule has 1 heterocycles. The Morgan fingerprint density at radius 1 is 1.28 bits per heavy atom. The Morgan fingerprint density at radius 3 is 2.67 bits per heavy atom. The van der Waals surface area contributed by atoms with Crippen LogP contribution in [0.25, 0.3) is 0 Å². The lowest BCUT2D eigenvalue weighted by atomic mass is 10.0. The summed E-state index contributed by atoms with van der Waals surface area (Å²) in [6, 6.07) is 4.39. The highest BCUT2D eigenvalue weighted by Gasteiger charge is 2.15. The van der Waals surface area contributed by atoms with Gasteiger partial charge in [-0.15, -0.1) is 0 Å². The number of aryl methyl sites for hydroxylation is 2. The molecule has 0 atom stereocenters. The average molecular weight is 248 g/mol. The van der Waals surface area contributed by atoms with Gasteiger partial charge in [0.1, 0.15) is 5.75 Å². The summed E-state index contributed by atoms with van der Waals surface area (Å²) in [6.45, 7) is 8.81. The van der Waals surface area contributed by atoms with Crippen LogP contribution in [0.4, 0.5) is 0 Å². The van der Waals surface area contributed by atoms with E-state index in [1.54, 1.807) is 7.11 Å². The quantitative estimate of drug-likeness (QED) is 0.751. The predicted octanol–water partition coefficient (Wildman–Crippen LogP) is 1.66. The zero-order valence-electron chi connectivity index (χ0n) is 11.7. The second-order valence-electron chi connectivity index (χ2n) is 5.23. The fourth-order valence-corrected chi connectivity index (χ4v) is 2.36. The standard InChI is InChI=1S/C15H24N2O/c1-11-7-15(18-3)12(2)6-14(11)4-5-16-8-13-9-17-10-13/h6-7,13,16-17H,4-5,8-10H2,1-3H3. The van der Waals surface area contributed by atoms with Crippen molar-refractivity contribution in [2.24, 2.45) is 5.92 Å². The summed E-state index contributed by atoms with van der Waals surface area (Å²) in [7, 11) is 1.73. The SMILES string of the molecule is COc1cc(C)c(CCNCC2CNC2)cc1C. The number of benzene rings is 1. The molecule has 18 heavy (non-hydrogen) atoms. The first-order valence-electron chi connectivity index (χ1n) is 6.76. The first-order chi connectivity index (χ1) is 8.70. The van der Waals surface area contributed by atoms with Gasteiger partial charge >= 0.3 is 0 Å². The third-order valence-corrected chi connectivity index (χ3v) is 3.72. The zero-order chi connectivity index (χ0) is 13.0. The lowest BCUT2D eigenvalue weighted by molar-refractivity contribution is 0.333. The van der Waals surface area contributed by atoms with Crippen LogP contribution >= 0.6 is 0 Å². The Bertz CT molecular complexity index is 400. The van der Waals surface area contributed by atoms with E-state index in [4.69, 9.17) is 4.74 Å². The summed E-state index contributed by atoms with van der Waals surface area (Å²) in [4.78, 5) is 0. The van der Waals surface area contributed by atoms with Crippen LogP contribution in [0.1, 0.15) is 16.7 Å². The van der Waals surface area contributed by atoms with Crippen LogP contribution in [0.2, 0.25) is 0 Å². The van der Waals surface area contributed by atoms with Gasteiger partial charge in [-0.05, 0) is 55.5 Å². The Hall–Kier alpha value is -1.06. The zero-order valence-corrected chi connectivity index (χ0v) is 11.7. The van der Waals surface area contributed by atoms with E-state index >= 15 is 0 Å². The maximum atomic E-state index is 5.34. The highest BCUT2D eigenvalue weighted by atomic mass is 16.5. The van der Waals surface area contributed by atoms with Gasteiger partial charge in [0.15, 0.2) is 0 Å². The van der Waals surface area contributed by atoms with Crippen LogP contribution in [0.5, 0.6) is 5.75 Å². The van der Waals surface area contributed by atoms with E-state index in [0.29, 0.717) is 0 Å². The molecular weight excluding hydrogens is 224 g/mol. The van der Waals surface area contributed by atoms with Crippen LogP contribution in [0.3, 0.4) is 0 Å². The molecular formula is C15H24N2O.